The number of carbonyl (C=O) groups excluding carboxylic acids is 1. The fourth-order valence-corrected chi connectivity index (χ4v) is 3.07. The van der Waals surface area contributed by atoms with Gasteiger partial charge in [0.1, 0.15) is 12.1 Å². The predicted molar refractivity (Wildman–Crippen MR) is 82.5 cm³/mol. The highest BCUT2D eigenvalue weighted by atomic mass is 35.5. The predicted octanol–water partition coefficient (Wildman–Crippen LogP) is 3.02. The van der Waals surface area contributed by atoms with E-state index in [-0.39, 0.29) is 0 Å². The zero-order valence-corrected chi connectivity index (χ0v) is 14.6. The first kappa shape index (κ1) is 20.5. The van der Waals surface area contributed by atoms with Crippen LogP contribution in [-0.2, 0) is 19.6 Å². The molecule has 1 aromatic carbocycles. The van der Waals surface area contributed by atoms with Crippen molar-refractivity contribution in [1.82, 2.24) is 4.72 Å². The standard InChI is InChI=1S/C14H15ClF3NO4S/c1-5-7-9(15)11(17)13(12(18)10(7)16)24(21,22)19-6-8(20)23-14(2,3)4/h5,19H,1,6H2,2-4H3. The second-order valence-electron chi connectivity index (χ2n) is 5.61. The molecule has 0 radical (unpaired) electrons. The molecule has 24 heavy (non-hydrogen) atoms. The first-order chi connectivity index (χ1) is 10.8. The second kappa shape index (κ2) is 7.12. The van der Waals surface area contributed by atoms with Crippen LogP contribution in [0.25, 0.3) is 6.08 Å². The molecule has 0 aromatic heterocycles. The zero-order valence-electron chi connectivity index (χ0n) is 13.0. The number of nitrogens with one attached hydrogen (secondary N) is 1. The van der Waals surface area contributed by atoms with E-state index in [0.717, 1.165) is 6.08 Å². The van der Waals surface area contributed by atoms with Crippen molar-refractivity contribution < 1.29 is 31.1 Å². The van der Waals surface area contributed by atoms with Gasteiger partial charge in [-0.15, -0.1) is 0 Å². The quantitative estimate of drug-likeness (QED) is 0.624. The van der Waals surface area contributed by atoms with Gasteiger partial charge in [0.25, 0.3) is 0 Å². The molecule has 1 rings (SSSR count). The van der Waals surface area contributed by atoms with Crippen molar-refractivity contribution in [1.29, 1.82) is 0 Å². The summed E-state index contributed by atoms with van der Waals surface area (Å²) in [5.74, 6) is -6.32. The van der Waals surface area contributed by atoms with Crippen molar-refractivity contribution in [2.24, 2.45) is 0 Å². The van der Waals surface area contributed by atoms with E-state index in [1.807, 2.05) is 0 Å². The Morgan fingerprint density at radius 1 is 1.25 bits per heavy atom. The van der Waals surface area contributed by atoms with Crippen LogP contribution in [0.15, 0.2) is 11.5 Å². The Bertz CT molecular complexity index is 759. The van der Waals surface area contributed by atoms with Crippen molar-refractivity contribution in [3.63, 3.8) is 0 Å². The third-order valence-corrected chi connectivity index (χ3v) is 4.35. The molecule has 134 valence electrons. The number of rotatable bonds is 5. The fraction of sp³-hybridized carbons (Fsp3) is 0.357. The number of halogens is 4. The number of ether oxygens (including phenoxy) is 1. The van der Waals surface area contributed by atoms with Gasteiger partial charge >= 0.3 is 5.97 Å². The molecular formula is C14H15ClF3NO4S. The third kappa shape index (κ3) is 4.49. The molecular weight excluding hydrogens is 371 g/mol. The SMILES string of the molecule is C=Cc1c(F)c(F)c(S(=O)(=O)NCC(=O)OC(C)(C)C)c(F)c1Cl. The molecule has 0 fully saturated rings. The molecule has 0 saturated carbocycles. The van der Waals surface area contributed by atoms with Crippen molar-refractivity contribution in [2.75, 3.05) is 6.54 Å². The molecule has 0 aliphatic rings. The van der Waals surface area contributed by atoms with Crippen molar-refractivity contribution in [2.45, 2.75) is 31.3 Å². The van der Waals surface area contributed by atoms with E-state index in [4.69, 9.17) is 16.3 Å². The molecule has 5 nitrogen and oxygen atoms in total. The summed E-state index contributed by atoms with van der Waals surface area (Å²) in [6.07, 6.45) is 0.744. The van der Waals surface area contributed by atoms with E-state index in [9.17, 15) is 26.4 Å². The lowest BCUT2D eigenvalue weighted by atomic mass is 10.2. The molecule has 0 amide bonds. The Labute approximate surface area is 142 Å². The minimum absolute atomic E-state index is 0.710. The monoisotopic (exact) mass is 385 g/mol. The Morgan fingerprint density at radius 3 is 2.25 bits per heavy atom. The van der Waals surface area contributed by atoms with Gasteiger partial charge < -0.3 is 4.74 Å². The number of hydrogen-bond donors (Lipinski definition) is 1. The van der Waals surface area contributed by atoms with Gasteiger partial charge in [0, 0.05) is 5.56 Å². The van der Waals surface area contributed by atoms with E-state index >= 15 is 0 Å². The molecule has 0 unspecified atom stereocenters. The third-order valence-electron chi connectivity index (χ3n) is 2.56. The normalized spacial score (nSPS) is 12.1. The molecule has 0 heterocycles. The second-order valence-corrected chi connectivity index (χ2v) is 7.70. The van der Waals surface area contributed by atoms with Crippen LogP contribution >= 0.6 is 11.6 Å². The van der Waals surface area contributed by atoms with E-state index in [2.05, 4.69) is 6.58 Å². The highest BCUT2D eigenvalue weighted by molar-refractivity contribution is 7.89. The van der Waals surface area contributed by atoms with Crippen LogP contribution in [0.4, 0.5) is 13.2 Å². The summed E-state index contributed by atoms with van der Waals surface area (Å²) in [6, 6.07) is 0. The van der Waals surface area contributed by atoms with Gasteiger partial charge in [0.2, 0.25) is 10.0 Å². The molecule has 1 N–H and O–H groups in total. The maximum Gasteiger partial charge on any atom is 0.321 e. The molecule has 0 saturated heterocycles. The van der Waals surface area contributed by atoms with Crippen molar-refractivity contribution >= 4 is 33.7 Å². The highest BCUT2D eigenvalue weighted by Crippen LogP contribution is 2.32. The van der Waals surface area contributed by atoms with E-state index < -0.39 is 61.1 Å². The highest BCUT2D eigenvalue weighted by Gasteiger charge is 2.32. The van der Waals surface area contributed by atoms with Gasteiger partial charge in [-0.25, -0.2) is 21.6 Å². The lowest BCUT2D eigenvalue weighted by molar-refractivity contribution is -0.153. The van der Waals surface area contributed by atoms with Gasteiger partial charge in [-0.1, -0.05) is 24.3 Å². The fourth-order valence-electron chi connectivity index (χ4n) is 1.65. The summed E-state index contributed by atoms with van der Waals surface area (Å²) in [6.45, 7) is 6.86. The summed E-state index contributed by atoms with van der Waals surface area (Å²) >= 11 is 5.49. The average Bonchev–Trinajstić information content (AvgIpc) is 2.42. The van der Waals surface area contributed by atoms with E-state index in [1.54, 1.807) is 25.5 Å². The Balaban J connectivity index is 3.21. The topological polar surface area (TPSA) is 72.5 Å². The molecule has 0 atom stereocenters. The molecule has 10 heteroatoms. The summed E-state index contributed by atoms with van der Waals surface area (Å²) in [5, 5.41) is -0.943. The van der Waals surface area contributed by atoms with Crippen LogP contribution in [0, 0.1) is 17.5 Å². The van der Waals surface area contributed by atoms with Gasteiger partial charge in [0.05, 0.1) is 5.02 Å². The van der Waals surface area contributed by atoms with Crippen LogP contribution in [-0.4, -0.2) is 26.5 Å². The number of carbonyl (C=O) groups is 1. The van der Waals surface area contributed by atoms with Crippen LogP contribution in [0.3, 0.4) is 0 Å². The van der Waals surface area contributed by atoms with Gasteiger partial charge in [-0.3, -0.25) is 4.79 Å². The summed E-state index contributed by atoms with van der Waals surface area (Å²) < 4.78 is 72.2. The minimum Gasteiger partial charge on any atom is -0.459 e. The van der Waals surface area contributed by atoms with Crippen molar-refractivity contribution in [3.05, 3.63) is 34.6 Å². The van der Waals surface area contributed by atoms with E-state index in [0.29, 0.717) is 0 Å². The lowest BCUT2D eigenvalue weighted by Gasteiger charge is -2.19. The number of sulfonamides is 1. The summed E-state index contributed by atoms with van der Waals surface area (Å²) in [4.78, 5) is 9.86. The smallest absolute Gasteiger partial charge is 0.321 e. The average molecular weight is 386 g/mol. The maximum absolute atomic E-state index is 14.1. The molecule has 0 aliphatic carbocycles. The number of esters is 1. The molecule has 0 aliphatic heterocycles. The molecule has 0 bridgehead atoms. The van der Waals surface area contributed by atoms with Crippen LogP contribution in [0.2, 0.25) is 5.02 Å². The Kier molecular flexibility index (Phi) is 6.07. The first-order valence-electron chi connectivity index (χ1n) is 6.51. The van der Waals surface area contributed by atoms with Crippen molar-refractivity contribution in [3.8, 4) is 0 Å². The molecule has 0 spiro atoms. The number of benzene rings is 1. The Morgan fingerprint density at radius 2 is 1.79 bits per heavy atom. The van der Waals surface area contributed by atoms with Gasteiger partial charge in [-0.05, 0) is 20.8 Å². The summed E-state index contributed by atoms with van der Waals surface area (Å²) in [7, 11) is -4.90. The first-order valence-corrected chi connectivity index (χ1v) is 8.38. The Hall–Kier alpha value is -1.58. The van der Waals surface area contributed by atoms with Gasteiger partial charge in [0.15, 0.2) is 22.3 Å². The van der Waals surface area contributed by atoms with Crippen LogP contribution in [0.1, 0.15) is 26.3 Å². The minimum atomic E-state index is -4.90. The van der Waals surface area contributed by atoms with E-state index in [1.165, 1.54) is 0 Å². The summed E-state index contributed by atoms with van der Waals surface area (Å²) in [5.41, 5.74) is -1.60. The van der Waals surface area contributed by atoms with Gasteiger partial charge in [-0.2, -0.15) is 4.72 Å². The largest absolute Gasteiger partial charge is 0.459 e. The van der Waals surface area contributed by atoms with Crippen LogP contribution < -0.4 is 4.72 Å². The maximum atomic E-state index is 14.1. The zero-order chi connectivity index (χ0) is 18.9. The number of hydrogen-bond acceptors (Lipinski definition) is 4. The van der Waals surface area contributed by atoms with Crippen LogP contribution in [0.5, 0.6) is 0 Å². The molecule has 1 aromatic rings. The lowest BCUT2D eigenvalue weighted by Crippen LogP contribution is -2.35.